The minimum atomic E-state index is -1.82. The molecule has 3 N–H and O–H groups in total. The lowest BCUT2D eigenvalue weighted by atomic mass is 10.2. The fourth-order valence-corrected chi connectivity index (χ4v) is 2.65. The van der Waals surface area contributed by atoms with Gasteiger partial charge in [-0.25, -0.2) is 9.59 Å². The molecule has 1 aromatic rings. The number of rotatable bonds is 8. The smallest absolute Gasteiger partial charge is 0.414 e. The number of allylic oxidation sites excluding steroid dienone is 1. The van der Waals surface area contributed by atoms with E-state index in [9.17, 15) is 0 Å². The maximum Gasteiger partial charge on any atom is 0.414 e. The van der Waals surface area contributed by atoms with Crippen LogP contribution in [-0.4, -0.2) is 73.5 Å². The Morgan fingerprint density at radius 1 is 1.14 bits per heavy atom. The van der Waals surface area contributed by atoms with Crippen molar-refractivity contribution in [2.24, 2.45) is 0 Å². The van der Waals surface area contributed by atoms with E-state index in [-0.39, 0.29) is 0 Å². The number of unbranched alkanes of at least 4 members (excludes halogenated alkanes) is 1. The summed E-state index contributed by atoms with van der Waals surface area (Å²) in [6.07, 6.45) is 6.33. The fourth-order valence-electron chi connectivity index (χ4n) is 2.65. The van der Waals surface area contributed by atoms with Gasteiger partial charge in [-0.1, -0.05) is 18.2 Å². The van der Waals surface area contributed by atoms with Gasteiger partial charge in [-0.15, -0.1) is 0 Å². The zero-order valence-corrected chi connectivity index (χ0v) is 16.5. The molecule has 1 heterocycles. The van der Waals surface area contributed by atoms with E-state index < -0.39 is 11.9 Å². The van der Waals surface area contributed by atoms with Crippen LogP contribution in [0.25, 0.3) is 6.08 Å². The first-order valence-electron chi connectivity index (χ1n) is 9.30. The number of hydrogen-bond acceptors (Lipinski definition) is 6. The summed E-state index contributed by atoms with van der Waals surface area (Å²) in [6.45, 7) is 8.49. The first kappa shape index (κ1) is 23.5. The summed E-state index contributed by atoms with van der Waals surface area (Å²) >= 11 is 0. The van der Waals surface area contributed by atoms with E-state index in [0.717, 1.165) is 43.2 Å². The van der Waals surface area contributed by atoms with Crippen molar-refractivity contribution in [1.29, 1.82) is 0 Å². The topological polar surface area (TPSA) is 108 Å². The van der Waals surface area contributed by atoms with Crippen LogP contribution < -0.4 is 14.8 Å². The molecule has 8 heteroatoms. The van der Waals surface area contributed by atoms with Gasteiger partial charge in [0.15, 0.2) is 11.5 Å². The highest BCUT2D eigenvalue weighted by atomic mass is 16.5. The first-order chi connectivity index (χ1) is 13.5. The third-order valence-corrected chi connectivity index (χ3v) is 4.07. The molecule has 0 aliphatic carbocycles. The highest BCUT2D eigenvalue weighted by Gasteiger charge is 2.09. The Hall–Kier alpha value is -2.58. The third kappa shape index (κ3) is 9.38. The Morgan fingerprint density at radius 2 is 1.82 bits per heavy atom. The van der Waals surface area contributed by atoms with Crippen LogP contribution >= 0.6 is 0 Å². The van der Waals surface area contributed by atoms with Gasteiger partial charge in [0, 0.05) is 26.2 Å². The van der Waals surface area contributed by atoms with Crippen molar-refractivity contribution in [2.75, 3.05) is 46.4 Å². The number of nitrogens with zero attached hydrogens (tertiary/aromatic N) is 1. The van der Waals surface area contributed by atoms with Crippen molar-refractivity contribution >= 4 is 18.0 Å². The standard InChI is InChI=1S/C18H28N2O2.C2H2O4/c1-3-6-16-7-8-17(18(15-16)21-2)22-14-5-4-11-20-12-9-19-10-13-20;3-1(4)2(5)6/h3,6-8,15,19H,4-5,9-14H2,1-2H3;(H,3,4)(H,5,6)/b6-3+;. The van der Waals surface area contributed by atoms with Gasteiger partial charge in [-0.05, 0) is 44.0 Å². The van der Waals surface area contributed by atoms with E-state index in [1.165, 1.54) is 26.1 Å². The van der Waals surface area contributed by atoms with Gasteiger partial charge in [-0.3, -0.25) is 0 Å². The molecule has 156 valence electrons. The Morgan fingerprint density at radius 3 is 2.39 bits per heavy atom. The molecule has 1 aromatic carbocycles. The van der Waals surface area contributed by atoms with Gasteiger partial charge >= 0.3 is 11.9 Å². The van der Waals surface area contributed by atoms with Gasteiger partial charge in [0.05, 0.1) is 13.7 Å². The maximum absolute atomic E-state index is 9.10. The normalized spacial score (nSPS) is 14.2. The number of carboxylic acids is 2. The van der Waals surface area contributed by atoms with Gasteiger partial charge < -0.3 is 29.9 Å². The number of ether oxygens (including phenoxy) is 2. The number of methoxy groups -OCH3 is 1. The highest BCUT2D eigenvalue weighted by molar-refractivity contribution is 6.27. The molecule has 0 bridgehead atoms. The molecule has 0 amide bonds. The lowest BCUT2D eigenvalue weighted by molar-refractivity contribution is -0.159. The molecule has 0 radical (unpaired) electrons. The zero-order valence-electron chi connectivity index (χ0n) is 16.5. The van der Waals surface area contributed by atoms with E-state index in [2.05, 4.69) is 22.4 Å². The number of aliphatic carboxylic acids is 2. The van der Waals surface area contributed by atoms with Crippen molar-refractivity contribution in [3.63, 3.8) is 0 Å². The second-order valence-electron chi connectivity index (χ2n) is 6.17. The summed E-state index contributed by atoms with van der Waals surface area (Å²) in [6, 6.07) is 6.05. The molecule has 1 saturated heterocycles. The average Bonchev–Trinajstić information content (AvgIpc) is 2.70. The van der Waals surface area contributed by atoms with Gasteiger partial charge in [0.2, 0.25) is 0 Å². The Bertz CT molecular complexity index is 630. The van der Waals surface area contributed by atoms with Crippen molar-refractivity contribution in [3.05, 3.63) is 29.8 Å². The zero-order chi connectivity index (χ0) is 20.8. The molecule has 28 heavy (non-hydrogen) atoms. The van der Waals surface area contributed by atoms with Crippen LogP contribution in [0.1, 0.15) is 25.3 Å². The number of carboxylic acid groups (broad SMARTS) is 2. The Balaban J connectivity index is 0.000000568. The van der Waals surface area contributed by atoms with Gasteiger partial charge in [0.1, 0.15) is 0 Å². The molecule has 1 fully saturated rings. The lowest BCUT2D eigenvalue weighted by Gasteiger charge is -2.27. The van der Waals surface area contributed by atoms with E-state index >= 15 is 0 Å². The fraction of sp³-hybridized carbons (Fsp3) is 0.500. The molecular weight excluding hydrogens is 364 g/mol. The summed E-state index contributed by atoms with van der Waals surface area (Å²) in [5.41, 5.74) is 1.13. The van der Waals surface area contributed by atoms with Crippen LogP contribution in [0.5, 0.6) is 11.5 Å². The Labute approximate surface area is 165 Å². The number of hydrogen-bond donors (Lipinski definition) is 3. The first-order valence-corrected chi connectivity index (χ1v) is 9.30. The minimum Gasteiger partial charge on any atom is -0.493 e. The highest BCUT2D eigenvalue weighted by Crippen LogP contribution is 2.28. The van der Waals surface area contributed by atoms with E-state index in [1.54, 1.807) is 7.11 Å². The average molecular weight is 394 g/mol. The number of nitrogens with one attached hydrogen (secondary N) is 1. The number of carbonyl (C=O) groups is 2. The van der Waals surface area contributed by atoms with E-state index in [4.69, 9.17) is 29.3 Å². The minimum absolute atomic E-state index is 0.741. The molecule has 1 aliphatic heterocycles. The van der Waals surface area contributed by atoms with Crippen LogP contribution in [0.2, 0.25) is 0 Å². The second kappa shape index (κ2) is 13.6. The molecule has 1 aliphatic rings. The molecule has 2 rings (SSSR count). The van der Waals surface area contributed by atoms with Gasteiger partial charge in [-0.2, -0.15) is 0 Å². The molecule has 0 spiro atoms. The molecule has 0 atom stereocenters. The SMILES string of the molecule is C/C=C/c1ccc(OCCCCN2CCNCC2)c(OC)c1.O=C(O)C(=O)O. The lowest BCUT2D eigenvalue weighted by Crippen LogP contribution is -2.43. The van der Waals surface area contributed by atoms with Crippen LogP contribution in [0.4, 0.5) is 0 Å². The third-order valence-electron chi connectivity index (χ3n) is 4.07. The number of benzene rings is 1. The maximum atomic E-state index is 9.10. The summed E-state index contributed by atoms with van der Waals surface area (Å²) < 4.78 is 11.3. The quantitative estimate of drug-likeness (QED) is 0.454. The molecular formula is C20H30N2O6. The summed E-state index contributed by atoms with van der Waals surface area (Å²) in [4.78, 5) is 20.7. The predicted octanol–water partition coefficient (Wildman–Crippen LogP) is 1.95. The van der Waals surface area contributed by atoms with Crippen molar-refractivity contribution < 1.29 is 29.3 Å². The van der Waals surface area contributed by atoms with Crippen molar-refractivity contribution in [1.82, 2.24) is 10.2 Å². The van der Waals surface area contributed by atoms with Crippen LogP contribution in [0, 0.1) is 0 Å². The summed E-state index contributed by atoms with van der Waals surface area (Å²) in [5.74, 6) is -2.01. The van der Waals surface area contributed by atoms with E-state index in [1.807, 2.05) is 25.1 Å². The van der Waals surface area contributed by atoms with E-state index in [0.29, 0.717) is 0 Å². The van der Waals surface area contributed by atoms with Crippen molar-refractivity contribution in [2.45, 2.75) is 19.8 Å². The number of piperazine rings is 1. The second-order valence-corrected chi connectivity index (χ2v) is 6.17. The summed E-state index contributed by atoms with van der Waals surface area (Å²) in [5, 5.41) is 18.2. The van der Waals surface area contributed by atoms with Crippen LogP contribution in [-0.2, 0) is 9.59 Å². The molecule has 8 nitrogen and oxygen atoms in total. The summed E-state index contributed by atoms with van der Waals surface area (Å²) in [7, 11) is 1.69. The van der Waals surface area contributed by atoms with Crippen molar-refractivity contribution in [3.8, 4) is 11.5 Å². The Kier molecular flexibility index (Phi) is 11.4. The molecule has 0 unspecified atom stereocenters. The monoisotopic (exact) mass is 394 g/mol. The van der Waals surface area contributed by atoms with Gasteiger partial charge in [0.25, 0.3) is 0 Å². The predicted molar refractivity (Wildman–Crippen MR) is 107 cm³/mol. The molecule has 0 saturated carbocycles. The molecule has 0 aromatic heterocycles. The largest absolute Gasteiger partial charge is 0.493 e. The van der Waals surface area contributed by atoms with Crippen LogP contribution in [0.15, 0.2) is 24.3 Å². The van der Waals surface area contributed by atoms with Crippen LogP contribution in [0.3, 0.4) is 0 Å².